The summed E-state index contributed by atoms with van der Waals surface area (Å²) in [6.07, 6.45) is 0.870. The van der Waals surface area contributed by atoms with Gasteiger partial charge in [0, 0.05) is 13.1 Å². The number of aliphatic imine (C=N–C) groups is 1. The molecule has 2 saturated heterocycles. The zero-order valence-electron chi connectivity index (χ0n) is 16.5. The van der Waals surface area contributed by atoms with Crippen LogP contribution in [0.1, 0.15) is 32.3 Å². The van der Waals surface area contributed by atoms with E-state index in [-0.39, 0.29) is 23.2 Å². The van der Waals surface area contributed by atoms with Crippen molar-refractivity contribution in [3.8, 4) is 0 Å². The van der Waals surface area contributed by atoms with E-state index < -0.39 is 17.9 Å². The summed E-state index contributed by atoms with van der Waals surface area (Å²) in [4.78, 5) is 31.8. The van der Waals surface area contributed by atoms with Gasteiger partial charge >= 0.3 is 0 Å². The van der Waals surface area contributed by atoms with E-state index in [9.17, 15) is 14.0 Å². The summed E-state index contributed by atoms with van der Waals surface area (Å²) in [5.74, 6) is -0.319. The number of carbonyl (C=O) groups excluding carboxylic acids is 2. The van der Waals surface area contributed by atoms with Gasteiger partial charge in [0.25, 0.3) is 0 Å². The molecule has 1 aromatic carbocycles. The number of hydrogen-bond donors (Lipinski definition) is 3. The first-order valence-corrected chi connectivity index (χ1v) is 10.8. The second-order valence-corrected chi connectivity index (χ2v) is 9.23. The van der Waals surface area contributed by atoms with Crippen molar-refractivity contribution < 1.29 is 14.0 Å². The molecule has 9 heteroatoms. The zero-order chi connectivity index (χ0) is 20.6. The number of amides is 2. The molecule has 4 rings (SSSR count). The van der Waals surface area contributed by atoms with Crippen molar-refractivity contribution in [1.29, 1.82) is 0 Å². The normalized spacial score (nSPS) is 29.3. The number of nitrogens with zero attached hydrogens (tertiary/aromatic N) is 2. The number of likely N-dealkylation sites (tertiary alicyclic amines) is 1. The topological polar surface area (TPSA) is 85.8 Å². The Morgan fingerprint density at radius 1 is 1.38 bits per heavy atom. The molecular formula is C20H26FN5O2S. The highest BCUT2D eigenvalue weighted by atomic mass is 32.2. The first kappa shape index (κ1) is 20.2. The first-order chi connectivity index (χ1) is 13.8. The monoisotopic (exact) mass is 419 g/mol. The molecule has 3 unspecified atom stereocenters. The van der Waals surface area contributed by atoms with Crippen LogP contribution in [-0.4, -0.2) is 57.7 Å². The Labute approximate surface area is 173 Å². The summed E-state index contributed by atoms with van der Waals surface area (Å²) >= 11 is 1.41. The van der Waals surface area contributed by atoms with Crippen LogP contribution in [0.4, 0.5) is 4.39 Å². The van der Waals surface area contributed by atoms with Crippen molar-refractivity contribution in [3.63, 3.8) is 0 Å². The Hall–Kier alpha value is -2.13. The molecule has 3 aliphatic heterocycles. The van der Waals surface area contributed by atoms with Crippen LogP contribution in [0.15, 0.2) is 35.3 Å². The number of halogens is 1. The fourth-order valence-electron chi connectivity index (χ4n) is 3.83. The molecule has 156 valence electrons. The minimum atomic E-state index is -1.59. The van der Waals surface area contributed by atoms with Gasteiger partial charge in [0.15, 0.2) is 11.2 Å². The highest BCUT2D eigenvalue weighted by molar-refractivity contribution is 8.14. The van der Waals surface area contributed by atoms with Gasteiger partial charge in [0.05, 0.1) is 5.37 Å². The Bertz CT molecular complexity index is 813. The number of carbonyl (C=O) groups is 2. The van der Waals surface area contributed by atoms with E-state index in [1.807, 2.05) is 35.2 Å². The molecule has 0 saturated carbocycles. The molecule has 1 aromatic rings. The Morgan fingerprint density at radius 2 is 2.14 bits per heavy atom. The van der Waals surface area contributed by atoms with E-state index in [4.69, 9.17) is 0 Å². The predicted octanol–water partition coefficient (Wildman–Crippen LogP) is 1.36. The Morgan fingerprint density at radius 3 is 2.86 bits per heavy atom. The molecule has 0 bridgehead atoms. The van der Waals surface area contributed by atoms with Gasteiger partial charge in [-0.25, -0.2) is 9.38 Å². The van der Waals surface area contributed by atoms with Crippen molar-refractivity contribution in [2.75, 3.05) is 6.54 Å². The number of fused-ring (bicyclic) bond motifs is 1. The van der Waals surface area contributed by atoms with Crippen molar-refractivity contribution in [2.24, 2.45) is 4.99 Å². The molecule has 29 heavy (non-hydrogen) atoms. The second kappa shape index (κ2) is 7.95. The molecule has 3 aliphatic rings. The van der Waals surface area contributed by atoms with Crippen LogP contribution in [-0.2, 0) is 16.1 Å². The molecule has 3 N–H and O–H groups in total. The summed E-state index contributed by atoms with van der Waals surface area (Å²) in [7, 11) is 0. The average Bonchev–Trinajstić information content (AvgIpc) is 3.33. The van der Waals surface area contributed by atoms with E-state index in [0.29, 0.717) is 18.3 Å². The lowest BCUT2D eigenvalue weighted by Crippen LogP contribution is -2.66. The van der Waals surface area contributed by atoms with Crippen LogP contribution in [0.3, 0.4) is 0 Å². The third-order valence-corrected chi connectivity index (χ3v) is 6.65. The van der Waals surface area contributed by atoms with Gasteiger partial charge < -0.3 is 15.5 Å². The fraction of sp³-hybridized carbons (Fsp3) is 0.550. The quantitative estimate of drug-likeness (QED) is 0.686. The molecule has 0 aromatic heterocycles. The van der Waals surface area contributed by atoms with Gasteiger partial charge in [-0.15, -0.1) is 0 Å². The minimum Gasteiger partial charge on any atom is -0.350 e. The third kappa shape index (κ3) is 4.25. The van der Waals surface area contributed by atoms with Gasteiger partial charge in [-0.1, -0.05) is 42.1 Å². The lowest BCUT2D eigenvalue weighted by atomic mass is 10.0. The van der Waals surface area contributed by atoms with E-state index in [2.05, 4.69) is 20.9 Å². The Balaban J connectivity index is 1.41. The number of nitrogens with one attached hydrogen (secondary N) is 3. The van der Waals surface area contributed by atoms with Crippen LogP contribution >= 0.6 is 11.8 Å². The Kier molecular flexibility index (Phi) is 5.52. The molecule has 7 nitrogen and oxygen atoms in total. The first-order valence-electron chi connectivity index (χ1n) is 9.91. The largest absolute Gasteiger partial charge is 0.350 e. The molecular weight excluding hydrogens is 393 g/mol. The van der Waals surface area contributed by atoms with Crippen molar-refractivity contribution in [3.05, 3.63) is 35.9 Å². The lowest BCUT2D eigenvalue weighted by molar-refractivity contribution is -0.126. The third-order valence-electron chi connectivity index (χ3n) is 5.45. The molecule has 0 spiro atoms. The molecule has 4 atom stereocenters. The molecule has 0 aliphatic carbocycles. The van der Waals surface area contributed by atoms with Crippen molar-refractivity contribution in [2.45, 2.75) is 62.5 Å². The maximum atomic E-state index is 14.3. The number of hydrogen-bond acceptors (Lipinski definition) is 6. The number of thioether (sulfide) groups is 1. The second-order valence-electron chi connectivity index (χ2n) is 8.12. The average molecular weight is 420 g/mol. The van der Waals surface area contributed by atoms with Gasteiger partial charge in [-0.3, -0.25) is 14.9 Å². The maximum Gasteiger partial charge on any atom is 0.248 e. The van der Waals surface area contributed by atoms with Crippen LogP contribution < -0.4 is 16.0 Å². The van der Waals surface area contributed by atoms with E-state index in [1.54, 1.807) is 0 Å². The number of amidine groups is 1. The highest BCUT2D eigenvalue weighted by Crippen LogP contribution is 2.34. The summed E-state index contributed by atoms with van der Waals surface area (Å²) in [5.41, 5.74) is -0.540. The highest BCUT2D eigenvalue weighted by Gasteiger charge is 2.48. The SMILES string of the molecule is CC(C)(F)C1NC(=O)C2N=C(N3CCC[C@@H]3C(=O)NCc3ccccc3)SC2N1. The van der Waals surface area contributed by atoms with E-state index in [1.165, 1.54) is 25.6 Å². The fourth-order valence-corrected chi connectivity index (χ4v) is 5.11. The summed E-state index contributed by atoms with van der Waals surface area (Å²) in [6, 6.07) is 8.86. The number of benzene rings is 1. The molecule has 2 fully saturated rings. The van der Waals surface area contributed by atoms with Gasteiger partial charge in [-0.05, 0) is 32.3 Å². The predicted molar refractivity (Wildman–Crippen MR) is 111 cm³/mol. The molecule has 3 heterocycles. The van der Waals surface area contributed by atoms with Crippen LogP contribution in [0.2, 0.25) is 0 Å². The van der Waals surface area contributed by atoms with Crippen LogP contribution in [0, 0.1) is 0 Å². The van der Waals surface area contributed by atoms with Crippen LogP contribution in [0.25, 0.3) is 0 Å². The molecule has 2 amide bonds. The lowest BCUT2D eigenvalue weighted by Gasteiger charge is -2.37. The number of alkyl halides is 1. The summed E-state index contributed by atoms with van der Waals surface area (Å²) < 4.78 is 14.3. The van der Waals surface area contributed by atoms with E-state index >= 15 is 0 Å². The van der Waals surface area contributed by atoms with E-state index in [0.717, 1.165) is 18.4 Å². The van der Waals surface area contributed by atoms with Gasteiger partial charge in [0.2, 0.25) is 11.8 Å². The summed E-state index contributed by atoms with van der Waals surface area (Å²) in [5, 5.41) is 9.17. The minimum absolute atomic E-state index is 0.0373. The van der Waals surface area contributed by atoms with Gasteiger partial charge in [0.1, 0.15) is 17.9 Å². The smallest absolute Gasteiger partial charge is 0.248 e. The number of rotatable bonds is 4. The van der Waals surface area contributed by atoms with Gasteiger partial charge in [-0.2, -0.15) is 0 Å². The van der Waals surface area contributed by atoms with Crippen molar-refractivity contribution in [1.82, 2.24) is 20.9 Å². The zero-order valence-corrected chi connectivity index (χ0v) is 17.3. The maximum absolute atomic E-state index is 14.3. The van der Waals surface area contributed by atoms with Crippen LogP contribution in [0.5, 0.6) is 0 Å². The summed E-state index contributed by atoms with van der Waals surface area (Å²) in [6.45, 7) is 4.06. The standard InChI is InChI=1S/C20H26FN5O2S/c1-20(2,21)18-24-16(28)14-17(25-18)29-19(23-14)26-10-6-9-13(26)15(27)22-11-12-7-4-3-5-8-12/h3-5,7-8,13-14,17-18,25H,6,9-11H2,1-2H3,(H,22,27)(H,24,28)/t13-,14?,17?,18?/m1/s1. The molecule has 0 radical (unpaired) electrons. The van der Waals surface area contributed by atoms with Crippen molar-refractivity contribution >= 4 is 28.7 Å².